The molecule has 2 heteroatoms. The Bertz CT molecular complexity index is 1140. The van der Waals surface area contributed by atoms with E-state index in [-0.39, 0.29) is 31.5 Å². The van der Waals surface area contributed by atoms with Gasteiger partial charge in [-0.15, -0.1) is 69.1 Å². The third-order valence-electron chi connectivity index (χ3n) is 5.55. The maximum Gasteiger partial charge on any atom is 2.00 e. The monoisotopic (exact) mass is 422 g/mol. The van der Waals surface area contributed by atoms with E-state index >= 15 is 0 Å². The molecule has 0 N–H and O–H groups in total. The van der Waals surface area contributed by atoms with Crippen molar-refractivity contribution in [2.24, 2.45) is 0 Å². The van der Waals surface area contributed by atoms with Crippen LogP contribution in [-0.2, 0) is 0 Å². The molecule has 4 aromatic carbocycles. The summed E-state index contributed by atoms with van der Waals surface area (Å²) in [5, 5.41) is 5.63. The van der Waals surface area contributed by atoms with Crippen LogP contribution in [0, 0.1) is 13.8 Å². The van der Waals surface area contributed by atoms with Crippen molar-refractivity contribution < 1.29 is 0 Å². The standard InChI is InChI=1S/C15H19Si.C13H15.Mg/c1-11-8-13-6-5-7-14(15(13)9-11)12(2)10-16(3)4;1-9(2)12-6-4-5-11-7-10(3)8-13(11)12;/h5-10,12H,1-4H3;4-9H,1-3H3;/q2*-1;+2. The third kappa shape index (κ3) is 5.81. The van der Waals surface area contributed by atoms with Crippen LogP contribution in [0.1, 0.15) is 54.9 Å². The molecule has 1 atom stereocenters. The van der Waals surface area contributed by atoms with Gasteiger partial charge in [0.25, 0.3) is 0 Å². The molecule has 4 aromatic rings. The van der Waals surface area contributed by atoms with E-state index in [0.717, 1.165) is 0 Å². The normalized spacial score (nSPS) is 11.7. The van der Waals surface area contributed by atoms with E-state index in [9.17, 15) is 0 Å². The first-order valence-electron chi connectivity index (χ1n) is 10.7. The molecular formula is C28H34MgSi. The predicted octanol–water partition coefficient (Wildman–Crippen LogP) is 7.72. The van der Waals surface area contributed by atoms with Crippen LogP contribution in [0.3, 0.4) is 0 Å². The minimum atomic E-state index is -0.267. The molecule has 0 aliphatic carbocycles. The van der Waals surface area contributed by atoms with Gasteiger partial charge in [0, 0.05) is 0 Å². The molecular weight excluding hydrogens is 389 g/mol. The second-order valence-electron chi connectivity index (χ2n) is 8.95. The Balaban J connectivity index is 0.000000211. The molecule has 0 fully saturated rings. The fourth-order valence-electron chi connectivity index (χ4n) is 4.31. The van der Waals surface area contributed by atoms with Gasteiger partial charge in [-0.3, -0.25) is 0 Å². The summed E-state index contributed by atoms with van der Waals surface area (Å²) in [6, 6.07) is 22.3. The maximum atomic E-state index is 2.52. The Morgan fingerprint density at radius 1 is 0.767 bits per heavy atom. The van der Waals surface area contributed by atoms with E-state index in [1.165, 1.54) is 43.8 Å². The quantitative estimate of drug-likeness (QED) is 0.234. The van der Waals surface area contributed by atoms with Crippen molar-refractivity contribution >= 4 is 58.7 Å². The summed E-state index contributed by atoms with van der Waals surface area (Å²) in [5.74, 6) is 1.19. The van der Waals surface area contributed by atoms with Crippen molar-refractivity contribution in [3.63, 3.8) is 0 Å². The molecule has 0 aliphatic heterocycles. The van der Waals surface area contributed by atoms with Gasteiger partial charge in [0.15, 0.2) is 0 Å². The number of fused-ring (bicyclic) bond motifs is 2. The van der Waals surface area contributed by atoms with Gasteiger partial charge < -0.3 is 0 Å². The Morgan fingerprint density at radius 2 is 1.23 bits per heavy atom. The minimum Gasteiger partial charge on any atom is -0.165 e. The van der Waals surface area contributed by atoms with Gasteiger partial charge in [-0.1, -0.05) is 76.6 Å². The van der Waals surface area contributed by atoms with Gasteiger partial charge in [0.05, 0.1) is 0 Å². The molecule has 0 amide bonds. The van der Waals surface area contributed by atoms with Crippen molar-refractivity contribution in [3.8, 4) is 0 Å². The van der Waals surface area contributed by atoms with Crippen molar-refractivity contribution in [1.29, 1.82) is 0 Å². The van der Waals surface area contributed by atoms with E-state index in [1.807, 2.05) is 0 Å². The van der Waals surface area contributed by atoms with Crippen LogP contribution in [0.5, 0.6) is 0 Å². The van der Waals surface area contributed by atoms with Crippen molar-refractivity contribution in [1.82, 2.24) is 0 Å². The topological polar surface area (TPSA) is 0 Å². The zero-order valence-corrected chi connectivity index (χ0v) is 22.1. The molecule has 4 rings (SSSR count). The fraction of sp³-hybridized carbons (Fsp3) is 0.321. The van der Waals surface area contributed by atoms with Gasteiger partial charge in [-0.05, 0) is 20.2 Å². The summed E-state index contributed by atoms with van der Waals surface area (Å²) in [6.45, 7) is 15.8. The molecule has 0 spiro atoms. The van der Waals surface area contributed by atoms with Crippen LogP contribution in [0.25, 0.3) is 21.5 Å². The molecule has 1 unspecified atom stereocenters. The second-order valence-corrected chi connectivity index (χ2v) is 11.4. The van der Waals surface area contributed by atoms with Crippen molar-refractivity contribution in [2.45, 2.75) is 59.5 Å². The van der Waals surface area contributed by atoms with E-state index < -0.39 is 0 Å². The average Bonchev–Trinajstić information content (AvgIpc) is 3.21. The first kappa shape index (κ1) is 24.8. The molecule has 0 saturated heterocycles. The number of aryl methyl sites for hydroxylation is 2. The van der Waals surface area contributed by atoms with E-state index in [0.29, 0.717) is 11.8 Å². The largest absolute Gasteiger partial charge is 2.00 e. The van der Waals surface area contributed by atoms with Crippen LogP contribution in [-0.4, -0.2) is 37.1 Å². The number of rotatable bonds is 3. The molecule has 30 heavy (non-hydrogen) atoms. The summed E-state index contributed by atoms with van der Waals surface area (Å²) < 4.78 is 0. The molecule has 0 saturated carbocycles. The molecule has 0 radical (unpaired) electrons. The van der Waals surface area contributed by atoms with Gasteiger partial charge in [-0.25, -0.2) is 0 Å². The first-order valence-corrected chi connectivity index (χ1v) is 13.3. The average molecular weight is 423 g/mol. The number of hydrogen-bond donors (Lipinski definition) is 0. The predicted molar refractivity (Wildman–Crippen MR) is 140 cm³/mol. The Kier molecular flexibility index (Phi) is 8.84. The second kappa shape index (κ2) is 10.7. The molecule has 0 bridgehead atoms. The SMILES string of the molecule is Cc1cc2c(C(C)C)cccc2[cH-]1.Cc1cc2c(C(C)C=[Si](C)C)cccc2[cH-]1.[Mg+2]. The van der Waals surface area contributed by atoms with Gasteiger partial charge in [0.2, 0.25) is 0 Å². The summed E-state index contributed by atoms with van der Waals surface area (Å²) >= 11 is 0. The Morgan fingerprint density at radius 3 is 1.70 bits per heavy atom. The van der Waals surface area contributed by atoms with Crippen molar-refractivity contribution in [2.75, 3.05) is 0 Å². The number of benzene rings is 2. The van der Waals surface area contributed by atoms with Crippen LogP contribution < -0.4 is 0 Å². The van der Waals surface area contributed by atoms with Gasteiger partial charge >= 0.3 is 23.1 Å². The molecule has 0 aromatic heterocycles. The molecule has 0 heterocycles. The fourth-order valence-corrected chi connectivity index (χ4v) is 5.49. The summed E-state index contributed by atoms with van der Waals surface area (Å²) in [6.07, 6.45) is 0. The number of hydrogen-bond acceptors (Lipinski definition) is 0. The van der Waals surface area contributed by atoms with Gasteiger partial charge in [0.1, 0.15) is 0 Å². The van der Waals surface area contributed by atoms with E-state index in [1.54, 1.807) is 0 Å². The summed E-state index contributed by atoms with van der Waals surface area (Å²) in [5.41, 5.74) is 8.19. The van der Waals surface area contributed by atoms with Crippen LogP contribution in [0.2, 0.25) is 13.1 Å². The summed E-state index contributed by atoms with van der Waals surface area (Å²) in [7, 11) is -0.267. The van der Waals surface area contributed by atoms with Crippen LogP contribution in [0.4, 0.5) is 0 Å². The van der Waals surface area contributed by atoms with Crippen LogP contribution in [0.15, 0.2) is 60.7 Å². The Labute approximate surface area is 200 Å². The van der Waals surface area contributed by atoms with Crippen molar-refractivity contribution in [3.05, 3.63) is 82.9 Å². The zero-order chi connectivity index (χ0) is 21.1. The maximum absolute atomic E-state index is 2.52. The molecule has 0 aliphatic rings. The third-order valence-corrected chi connectivity index (χ3v) is 6.72. The Hall–Kier alpha value is -1.49. The van der Waals surface area contributed by atoms with E-state index in [4.69, 9.17) is 0 Å². The smallest absolute Gasteiger partial charge is 0.165 e. The molecule has 0 nitrogen and oxygen atoms in total. The minimum absolute atomic E-state index is 0. The van der Waals surface area contributed by atoms with Crippen LogP contribution >= 0.6 is 0 Å². The van der Waals surface area contributed by atoms with E-state index in [2.05, 4.69) is 114 Å². The zero-order valence-electron chi connectivity index (χ0n) is 19.7. The summed E-state index contributed by atoms with van der Waals surface area (Å²) in [4.78, 5) is 0. The molecule has 152 valence electrons. The van der Waals surface area contributed by atoms with Gasteiger partial charge in [-0.2, -0.15) is 12.1 Å². The first-order chi connectivity index (χ1) is 13.8.